The third kappa shape index (κ3) is 2.61. The van der Waals surface area contributed by atoms with Crippen molar-refractivity contribution >= 4 is 0 Å². The van der Waals surface area contributed by atoms with Crippen molar-refractivity contribution in [1.82, 2.24) is 5.32 Å². The van der Waals surface area contributed by atoms with Gasteiger partial charge in [0.25, 0.3) is 0 Å². The minimum absolute atomic E-state index is 0.488. The molecule has 0 bridgehead atoms. The second kappa shape index (κ2) is 4.63. The van der Waals surface area contributed by atoms with Gasteiger partial charge in [-0.2, -0.15) is 0 Å². The minimum atomic E-state index is 0.488. The highest BCUT2D eigenvalue weighted by molar-refractivity contribution is 5.08. The van der Waals surface area contributed by atoms with Crippen molar-refractivity contribution in [2.45, 2.75) is 33.2 Å². The van der Waals surface area contributed by atoms with Crippen molar-refractivity contribution in [3.05, 3.63) is 11.6 Å². The number of nitrogens with one attached hydrogen (secondary N) is 1. The molecule has 1 atom stereocenters. The van der Waals surface area contributed by atoms with Crippen LogP contribution in [0.5, 0.6) is 0 Å². The van der Waals surface area contributed by atoms with Crippen LogP contribution < -0.4 is 5.32 Å². The highest BCUT2D eigenvalue weighted by Gasteiger charge is 2.13. The predicted molar refractivity (Wildman–Crippen MR) is 51.0 cm³/mol. The summed E-state index contributed by atoms with van der Waals surface area (Å²) in [6.45, 7) is 8.12. The van der Waals surface area contributed by atoms with Gasteiger partial charge in [-0.1, -0.05) is 26.8 Å². The summed E-state index contributed by atoms with van der Waals surface area (Å²) in [5.41, 5.74) is 1.42. The zero-order chi connectivity index (χ0) is 8.97. The molecule has 1 unspecified atom stereocenters. The van der Waals surface area contributed by atoms with E-state index < -0.39 is 0 Å². The Morgan fingerprint density at radius 3 is 3.00 bits per heavy atom. The molecule has 70 valence electrons. The highest BCUT2D eigenvalue weighted by atomic mass is 16.5. The Hall–Kier alpha value is -0.340. The van der Waals surface area contributed by atoms with Crippen molar-refractivity contribution in [2.24, 2.45) is 5.92 Å². The Kier molecular flexibility index (Phi) is 3.76. The average molecular weight is 169 g/mol. The van der Waals surface area contributed by atoms with Crippen LogP contribution in [0.2, 0.25) is 0 Å². The molecule has 0 saturated heterocycles. The molecule has 0 fully saturated rings. The van der Waals surface area contributed by atoms with Gasteiger partial charge in [-0.25, -0.2) is 0 Å². The van der Waals surface area contributed by atoms with Crippen LogP contribution in [0.15, 0.2) is 11.6 Å². The second-order valence-electron chi connectivity index (χ2n) is 3.65. The summed E-state index contributed by atoms with van der Waals surface area (Å²) in [5, 5.41) is 3.35. The van der Waals surface area contributed by atoms with Gasteiger partial charge in [-0.3, -0.25) is 5.32 Å². The Bertz CT molecular complexity index is 163. The fourth-order valence-corrected chi connectivity index (χ4v) is 1.35. The largest absolute Gasteiger partial charge is 0.362 e. The van der Waals surface area contributed by atoms with E-state index in [9.17, 15) is 0 Å². The summed E-state index contributed by atoms with van der Waals surface area (Å²) in [4.78, 5) is 0. The lowest BCUT2D eigenvalue weighted by Crippen LogP contribution is -2.32. The van der Waals surface area contributed by atoms with Gasteiger partial charge >= 0.3 is 0 Å². The van der Waals surface area contributed by atoms with Gasteiger partial charge in [-0.15, -0.1) is 0 Å². The maximum absolute atomic E-state index is 5.40. The molecule has 1 aliphatic heterocycles. The molecule has 1 aliphatic rings. The van der Waals surface area contributed by atoms with Crippen LogP contribution in [0, 0.1) is 5.92 Å². The Balaban J connectivity index is 2.60. The molecule has 12 heavy (non-hydrogen) atoms. The van der Waals surface area contributed by atoms with E-state index in [1.165, 1.54) is 5.57 Å². The van der Waals surface area contributed by atoms with Gasteiger partial charge in [0, 0.05) is 6.04 Å². The molecular formula is C10H19NO. The normalized spacial score (nSPS) is 25.3. The zero-order valence-corrected chi connectivity index (χ0v) is 8.26. The van der Waals surface area contributed by atoms with Crippen molar-refractivity contribution in [1.29, 1.82) is 0 Å². The molecule has 0 aromatic heterocycles. The first-order valence-electron chi connectivity index (χ1n) is 4.74. The van der Waals surface area contributed by atoms with E-state index in [0.29, 0.717) is 18.7 Å². The van der Waals surface area contributed by atoms with Crippen LogP contribution in [-0.2, 0) is 4.74 Å². The lowest BCUT2D eigenvalue weighted by Gasteiger charge is -2.16. The molecular weight excluding hydrogens is 150 g/mol. The Labute approximate surface area is 75.0 Å². The lowest BCUT2D eigenvalue weighted by molar-refractivity contribution is 0.134. The maximum atomic E-state index is 5.40. The van der Waals surface area contributed by atoms with Gasteiger partial charge in [0.15, 0.2) is 0 Å². The third-order valence-electron chi connectivity index (χ3n) is 2.30. The SMILES string of the molecule is CCC1=CC(C(C)C)NCOC1. The van der Waals surface area contributed by atoms with Crippen LogP contribution in [-0.4, -0.2) is 19.4 Å². The van der Waals surface area contributed by atoms with Crippen molar-refractivity contribution < 1.29 is 4.74 Å². The van der Waals surface area contributed by atoms with Gasteiger partial charge in [-0.05, 0) is 17.9 Å². The van der Waals surface area contributed by atoms with Gasteiger partial charge in [0.05, 0.1) is 13.3 Å². The van der Waals surface area contributed by atoms with Crippen molar-refractivity contribution in [2.75, 3.05) is 13.3 Å². The Morgan fingerprint density at radius 2 is 2.42 bits per heavy atom. The smallest absolute Gasteiger partial charge is 0.0974 e. The average Bonchev–Trinajstić information content (AvgIpc) is 2.28. The molecule has 2 heteroatoms. The van der Waals surface area contributed by atoms with Crippen LogP contribution in [0.4, 0.5) is 0 Å². The van der Waals surface area contributed by atoms with E-state index in [4.69, 9.17) is 4.74 Å². The van der Waals surface area contributed by atoms with E-state index in [1.807, 2.05) is 0 Å². The Morgan fingerprint density at radius 1 is 1.67 bits per heavy atom. The highest BCUT2D eigenvalue weighted by Crippen LogP contribution is 2.11. The first-order valence-corrected chi connectivity index (χ1v) is 4.74. The van der Waals surface area contributed by atoms with E-state index in [2.05, 4.69) is 32.2 Å². The first-order chi connectivity index (χ1) is 5.74. The quantitative estimate of drug-likeness (QED) is 0.638. The van der Waals surface area contributed by atoms with Gasteiger partial charge in [0.2, 0.25) is 0 Å². The maximum Gasteiger partial charge on any atom is 0.0974 e. The topological polar surface area (TPSA) is 21.3 Å². The molecule has 2 nitrogen and oxygen atoms in total. The van der Waals surface area contributed by atoms with E-state index >= 15 is 0 Å². The monoisotopic (exact) mass is 169 g/mol. The summed E-state index contributed by atoms with van der Waals surface area (Å²) in [7, 11) is 0. The molecule has 1 rings (SSSR count). The summed E-state index contributed by atoms with van der Waals surface area (Å²) < 4.78 is 5.40. The van der Waals surface area contributed by atoms with E-state index in [0.717, 1.165) is 13.0 Å². The fourth-order valence-electron chi connectivity index (χ4n) is 1.35. The van der Waals surface area contributed by atoms with Gasteiger partial charge in [0.1, 0.15) is 0 Å². The molecule has 0 saturated carbocycles. The van der Waals surface area contributed by atoms with Crippen LogP contribution in [0.3, 0.4) is 0 Å². The van der Waals surface area contributed by atoms with Crippen molar-refractivity contribution in [3.63, 3.8) is 0 Å². The van der Waals surface area contributed by atoms with E-state index in [1.54, 1.807) is 0 Å². The van der Waals surface area contributed by atoms with Crippen LogP contribution in [0.25, 0.3) is 0 Å². The molecule has 0 radical (unpaired) electrons. The van der Waals surface area contributed by atoms with E-state index in [-0.39, 0.29) is 0 Å². The van der Waals surface area contributed by atoms with Crippen LogP contribution >= 0.6 is 0 Å². The molecule has 1 N–H and O–H groups in total. The zero-order valence-electron chi connectivity index (χ0n) is 8.26. The first kappa shape index (κ1) is 9.75. The molecule has 1 heterocycles. The molecule has 0 aromatic rings. The molecule has 0 aliphatic carbocycles. The third-order valence-corrected chi connectivity index (χ3v) is 2.30. The number of rotatable bonds is 2. The number of hydrogen-bond donors (Lipinski definition) is 1. The van der Waals surface area contributed by atoms with Gasteiger partial charge < -0.3 is 4.74 Å². The summed E-state index contributed by atoms with van der Waals surface area (Å²) in [6, 6.07) is 0.488. The standard InChI is InChI=1S/C10H19NO/c1-4-9-5-10(8(2)3)11-7-12-6-9/h5,8,10-11H,4,6-7H2,1-3H3. The number of ether oxygens (including phenoxy) is 1. The van der Waals surface area contributed by atoms with Crippen molar-refractivity contribution in [3.8, 4) is 0 Å². The molecule has 0 spiro atoms. The predicted octanol–water partition coefficient (Wildman–Crippen LogP) is 1.92. The molecule has 0 amide bonds. The fraction of sp³-hybridized carbons (Fsp3) is 0.800. The minimum Gasteiger partial charge on any atom is -0.362 e. The summed E-state index contributed by atoms with van der Waals surface area (Å²) in [5.74, 6) is 0.647. The lowest BCUT2D eigenvalue weighted by atomic mass is 10.0. The summed E-state index contributed by atoms with van der Waals surface area (Å²) >= 11 is 0. The second-order valence-corrected chi connectivity index (χ2v) is 3.65. The number of hydrogen-bond acceptors (Lipinski definition) is 2. The summed E-state index contributed by atoms with van der Waals surface area (Å²) in [6.07, 6.45) is 3.42. The van der Waals surface area contributed by atoms with Crippen LogP contribution in [0.1, 0.15) is 27.2 Å². The molecule has 0 aromatic carbocycles.